The number of unbranched alkanes of at least 4 members (excludes halogenated alkanes) is 1. The van der Waals surface area contributed by atoms with Crippen LogP contribution in [0, 0.1) is 12.3 Å². The van der Waals surface area contributed by atoms with Gasteiger partial charge in [0.05, 0.1) is 0 Å². The molecule has 0 aliphatic carbocycles. The van der Waals surface area contributed by atoms with Crippen LogP contribution in [0.5, 0.6) is 0 Å². The van der Waals surface area contributed by atoms with Crippen LogP contribution in [0.4, 0.5) is 0 Å². The molecule has 1 unspecified atom stereocenters. The van der Waals surface area contributed by atoms with Crippen LogP contribution in [0.3, 0.4) is 0 Å². The first-order valence-electron chi connectivity index (χ1n) is 9.42. The molecule has 5 nitrogen and oxygen atoms in total. The van der Waals surface area contributed by atoms with Crippen molar-refractivity contribution in [3.05, 3.63) is 17.0 Å². The molecule has 0 fully saturated rings. The molecule has 5 heteroatoms. The summed E-state index contributed by atoms with van der Waals surface area (Å²) in [6.07, 6.45) is 5.15. The van der Waals surface area contributed by atoms with Crippen molar-refractivity contribution in [1.29, 1.82) is 0 Å². The Morgan fingerprint density at radius 2 is 1.92 bits per heavy atom. The molecule has 1 atom stereocenters. The summed E-state index contributed by atoms with van der Waals surface area (Å²) in [7, 11) is 0. The van der Waals surface area contributed by atoms with Crippen LogP contribution < -0.4 is 10.6 Å². The highest BCUT2D eigenvalue weighted by molar-refractivity contribution is 5.93. The predicted octanol–water partition coefficient (Wildman–Crippen LogP) is 3.86. The molecule has 0 aromatic carbocycles. The highest BCUT2D eigenvalue weighted by Gasteiger charge is 2.33. The van der Waals surface area contributed by atoms with Crippen molar-refractivity contribution < 1.29 is 9.32 Å². The summed E-state index contributed by atoms with van der Waals surface area (Å²) in [5.41, 5.74) is 1.32. The van der Waals surface area contributed by atoms with Crippen LogP contribution in [0.2, 0.25) is 0 Å². The van der Waals surface area contributed by atoms with E-state index in [2.05, 4.69) is 43.5 Å². The first kappa shape index (κ1) is 20.7. The van der Waals surface area contributed by atoms with Gasteiger partial charge in [-0.15, -0.1) is 0 Å². The van der Waals surface area contributed by atoms with E-state index in [1.165, 1.54) is 12.8 Å². The fourth-order valence-corrected chi connectivity index (χ4v) is 3.23. The quantitative estimate of drug-likeness (QED) is 0.602. The van der Waals surface area contributed by atoms with Gasteiger partial charge in [0, 0.05) is 30.0 Å². The van der Waals surface area contributed by atoms with Gasteiger partial charge in [0.1, 0.15) is 5.76 Å². The Hall–Kier alpha value is -1.36. The van der Waals surface area contributed by atoms with Crippen molar-refractivity contribution in [2.75, 3.05) is 13.1 Å². The highest BCUT2D eigenvalue weighted by atomic mass is 16.5. The van der Waals surface area contributed by atoms with E-state index < -0.39 is 0 Å². The van der Waals surface area contributed by atoms with E-state index in [0.717, 1.165) is 37.1 Å². The van der Waals surface area contributed by atoms with Crippen molar-refractivity contribution in [1.82, 2.24) is 15.8 Å². The molecule has 1 aromatic heterocycles. The van der Waals surface area contributed by atoms with Gasteiger partial charge in [0.15, 0.2) is 5.69 Å². The van der Waals surface area contributed by atoms with Gasteiger partial charge in [-0.05, 0) is 39.7 Å². The van der Waals surface area contributed by atoms with Gasteiger partial charge >= 0.3 is 0 Å². The second-order valence-electron chi connectivity index (χ2n) is 6.71. The van der Waals surface area contributed by atoms with Crippen molar-refractivity contribution in [3.63, 3.8) is 0 Å². The maximum Gasteiger partial charge on any atom is 0.273 e. The second kappa shape index (κ2) is 9.82. The molecule has 1 aromatic rings. The predicted molar refractivity (Wildman–Crippen MR) is 98.3 cm³/mol. The van der Waals surface area contributed by atoms with Gasteiger partial charge in [-0.3, -0.25) is 4.79 Å². The molecule has 0 saturated carbocycles. The Labute approximate surface area is 146 Å². The number of nitrogens with zero attached hydrogens (tertiary/aromatic N) is 1. The minimum absolute atomic E-state index is 0.0502. The highest BCUT2D eigenvalue weighted by Crippen LogP contribution is 2.30. The van der Waals surface area contributed by atoms with Gasteiger partial charge < -0.3 is 15.2 Å². The van der Waals surface area contributed by atoms with Crippen molar-refractivity contribution in [2.24, 2.45) is 5.41 Å². The third-order valence-electron chi connectivity index (χ3n) is 5.47. The van der Waals surface area contributed by atoms with Gasteiger partial charge in [-0.1, -0.05) is 39.3 Å². The maximum absolute atomic E-state index is 12.5. The lowest BCUT2D eigenvalue weighted by molar-refractivity contribution is 0.0896. The summed E-state index contributed by atoms with van der Waals surface area (Å²) in [6.45, 7) is 14.4. The molecule has 0 aliphatic rings. The molecule has 0 bridgehead atoms. The minimum atomic E-state index is -0.136. The summed E-state index contributed by atoms with van der Waals surface area (Å²) >= 11 is 0. The summed E-state index contributed by atoms with van der Waals surface area (Å²) in [5, 5.41) is 10.7. The number of nitrogens with one attached hydrogen (secondary N) is 2. The van der Waals surface area contributed by atoms with Crippen molar-refractivity contribution in [3.8, 4) is 0 Å². The Balaban J connectivity index is 2.74. The van der Waals surface area contributed by atoms with Crippen LogP contribution in [-0.2, 0) is 6.42 Å². The SMILES string of the molecule is CCCCNC(C)C(CC)(CC)CNC(=O)c1noc(CC)c1C. The Morgan fingerprint density at radius 3 is 2.42 bits per heavy atom. The van der Waals surface area contributed by atoms with Gasteiger partial charge in [-0.2, -0.15) is 0 Å². The van der Waals surface area contributed by atoms with E-state index in [9.17, 15) is 4.79 Å². The standard InChI is InChI=1S/C19H35N3O2/c1-7-11-12-20-15(6)19(9-3,10-4)13-21-18(23)17-14(5)16(8-2)24-22-17/h15,20H,7-13H2,1-6H3,(H,21,23). The van der Waals surface area contributed by atoms with Crippen molar-refractivity contribution >= 4 is 5.91 Å². The zero-order chi connectivity index (χ0) is 18.2. The van der Waals surface area contributed by atoms with Crippen LogP contribution in [0.15, 0.2) is 4.52 Å². The molecule has 0 radical (unpaired) electrons. The smallest absolute Gasteiger partial charge is 0.273 e. The minimum Gasteiger partial charge on any atom is -0.360 e. The Bertz CT molecular complexity index is 507. The van der Waals surface area contributed by atoms with Crippen LogP contribution in [0.25, 0.3) is 0 Å². The van der Waals surface area contributed by atoms with E-state index >= 15 is 0 Å². The largest absolute Gasteiger partial charge is 0.360 e. The number of rotatable bonds is 11. The molecule has 24 heavy (non-hydrogen) atoms. The van der Waals surface area contributed by atoms with E-state index in [4.69, 9.17) is 4.52 Å². The lowest BCUT2D eigenvalue weighted by Crippen LogP contribution is -2.50. The third-order valence-corrected chi connectivity index (χ3v) is 5.47. The zero-order valence-corrected chi connectivity index (χ0v) is 16.3. The van der Waals surface area contributed by atoms with Crippen molar-refractivity contribution in [2.45, 2.75) is 79.7 Å². The molecule has 138 valence electrons. The number of hydrogen-bond donors (Lipinski definition) is 2. The lowest BCUT2D eigenvalue weighted by atomic mass is 9.76. The third kappa shape index (κ3) is 4.82. The summed E-state index contributed by atoms with van der Waals surface area (Å²) in [6, 6.07) is 0.351. The van der Waals surface area contributed by atoms with Crippen LogP contribution in [-0.4, -0.2) is 30.2 Å². The average Bonchev–Trinajstić information content (AvgIpc) is 2.97. The monoisotopic (exact) mass is 337 g/mol. The molecule has 1 rings (SSSR count). The number of aryl methyl sites for hydroxylation is 1. The summed E-state index contributed by atoms with van der Waals surface area (Å²) in [5.74, 6) is 0.648. The number of hydrogen-bond acceptors (Lipinski definition) is 4. The first-order chi connectivity index (χ1) is 11.5. The van der Waals surface area contributed by atoms with Crippen LogP contribution >= 0.6 is 0 Å². The van der Waals surface area contributed by atoms with Crippen LogP contribution in [0.1, 0.15) is 82.1 Å². The lowest BCUT2D eigenvalue weighted by Gasteiger charge is -2.38. The normalized spacial score (nSPS) is 13.1. The molecule has 0 spiro atoms. The van der Waals surface area contributed by atoms with Gasteiger partial charge in [0.2, 0.25) is 0 Å². The van der Waals surface area contributed by atoms with Gasteiger partial charge in [0.25, 0.3) is 5.91 Å². The number of carbonyl (C=O) groups is 1. The van der Waals surface area contributed by atoms with E-state index in [1.807, 2.05) is 13.8 Å². The number of amides is 1. The number of aromatic nitrogens is 1. The number of carbonyl (C=O) groups excluding carboxylic acids is 1. The molecule has 1 heterocycles. The average molecular weight is 338 g/mol. The van der Waals surface area contributed by atoms with E-state index in [-0.39, 0.29) is 11.3 Å². The Morgan fingerprint density at radius 1 is 1.25 bits per heavy atom. The molecule has 0 saturated heterocycles. The Kier molecular flexibility index (Phi) is 8.46. The first-order valence-corrected chi connectivity index (χ1v) is 9.42. The maximum atomic E-state index is 12.5. The summed E-state index contributed by atoms with van der Waals surface area (Å²) in [4.78, 5) is 12.5. The van der Waals surface area contributed by atoms with E-state index in [0.29, 0.717) is 18.3 Å². The fourth-order valence-electron chi connectivity index (χ4n) is 3.23. The molecular formula is C19H35N3O2. The second-order valence-corrected chi connectivity index (χ2v) is 6.71. The summed E-state index contributed by atoms with van der Waals surface area (Å²) < 4.78 is 5.24. The van der Waals surface area contributed by atoms with Gasteiger partial charge in [-0.25, -0.2) is 0 Å². The molecule has 0 aliphatic heterocycles. The molecule has 1 amide bonds. The topological polar surface area (TPSA) is 67.2 Å². The fraction of sp³-hybridized carbons (Fsp3) is 0.789. The molecule has 2 N–H and O–H groups in total. The van der Waals surface area contributed by atoms with E-state index in [1.54, 1.807) is 0 Å². The molecular weight excluding hydrogens is 302 g/mol. The zero-order valence-electron chi connectivity index (χ0n) is 16.3.